The van der Waals surface area contributed by atoms with Crippen LogP contribution in [0.15, 0.2) is 65.7 Å². The van der Waals surface area contributed by atoms with E-state index in [1.807, 2.05) is 33.9 Å². The van der Waals surface area contributed by atoms with Crippen LogP contribution in [0.4, 0.5) is 0 Å². The maximum Gasteiger partial charge on any atom is 0.494 e. The van der Waals surface area contributed by atoms with Crippen molar-refractivity contribution >= 4 is 40.1 Å². The first-order chi connectivity index (χ1) is 23.1. The van der Waals surface area contributed by atoms with E-state index in [2.05, 4.69) is 133 Å². The first kappa shape index (κ1) is 39.5. The fourth-order valence-electron chi connectivity index (χ4n) is 5.52. The molecule has 0 bridgehead atoms. The van der Waals surface area contributed by atoms with E-state index in [9.17, 15) is 9.59 Å². The zero-order valence-corrected chi connectivity index (χ0v) is 33.6. The topological polar surface area (TPSA) is 88.2 Å². The molecule has 0 spiro atoms. The molecule has 3 heterocycles. The summed E-state index contributed by atoms with van der Waals surface area (Å²) in [7, 11) is -0.363. The highest BCUT2D eigenvalue weighted by Crippen LogP contribution is 2.36. The van der Waals surface area contributed by atoms with Crippen LogP contribution in [0, 0.1) is 13.8 Å². The second-order valence-corrected chi connectivity index (χ2v) is 17.3. The summed E-state index contributed by atoms with van der Waals surface area (Å²) in [4.78, 5) is 24.9. The second kappa shape index (κ2) is 15.1. The SMILES string of the molecule is Cc1cc(B2OC(C)(C)C(C)(C)O2)ccc1CCC(=O)c1cnn(C(C)(C)C)c1.Cc1cc(Br)ccc1CCC(=O)c1cnn(C(C)(C)C)c1. The molecule has 0 saturated carbocycles. The molecule has 8 nitrogen and oxygen atoms in total. The first-order valence-electron chi connectivity index (χ1n) is 17.4. The van der Waals surface area contributed by atoms with E-state index in [0.29, 0.717) is 30.4 Å². The number of ketones is 2. The van der Waals surface area contributed by atoms with Gasteiger partial charge in [0.1, 0.15) is 0 Å². The van der Waals surface area contributed by atoms with Gasteiger partial charge in [0.05, 0.1) is 45.8 Å². The van der Waals surface area contributed by atoms with Crippen LogP contribution in [0.5, 0.6) is 0 Å². The Kier molecular flexibility index (Phi) is 11.9. The predicted octanol–water partition coefficient (Wildman–Crippen LogP) is 8.59. The number of hydrogen-bond acceptors (Lipinski definition) is 6. The van der Waals surface area contributed by atoms with Crippen LogP contribution in [0.25, 0.3) is 0 Å². The molecule has 4 aromatic rings. The number of nitrogens with zero attached hydrogens (tertiary/aromatic N) is 4. The van der Waals surface area contributed by atoms with Crippen molar-refractivity contribution in [1.82, 2.24) is 19.6 Å². The zero-order chi connectivity index (χ0) is 37.2. The van der Waals surface area contributed by atoms with Crippen LogP contribution < -0.4 is 5.46 Å². The van der Waals surface area contributed by atoms with Crippen molar-refractivity contribution in [3.8, 4) is 0 Å². The van der Waals surface area contributed by atoms with E-state index >= 15 is 0 Å². The number of carbonyl (C=O) groups excluding carboxylic acids is 2. The van der Waals surface area contributed by atoms with E-state index < -0.39 is 0 Å². The molecule has 0 unspecified atom stereocenters. The Balaban J connectivity index is 0.000000237. The molecule has 2 aromatic carbocycles. The molecule has 1 aliphatic heterocycles. The van der Waals surface area contributed by atoms with Crippen molar-refractivity contribution < 1.29 is 18.9 Å². The minimum Gasteiger partial charge on any atom is -0.399 e. The van der Waals surface area contributed by atoms with Gasteiger partial charge in [0.2, 0.25) is 0 Å². The highest BCUT2D eigenvalue weighted by molar-refractivity contribution is 9.10. The molecule has 1 fully saturated rings. The Bertz CT molecular complexity index is 1810. The predicted molar refractivity (Wildman–Crippen MR) is 206 cm³/mol. The minimum atomic E-state index is -0.363. The number of halogens is 1. The summed E-state index contributed by atoms with van der Waals surface area (Å²) in [5.74, 6) is 0.266. The molecule has 268 valence electrons. The molecule has 0 aliphatic carbocycles. The smallest absolute Gasteiger partial charge is 0.399 e. The van der Waals surface area contributed by atoms with Gasteiger partial charge in [0, 0.05) is 29.7 Å². The Morgan fingerprint density at radius 2 is 1.14 bits per heavy atom. The molecule has 0 atom stereocenters. The Morgan fingerprint density at radius 1 is 0.720 bits per heavy atom. The third kappa shape index (κ3) is 9.71. The number of aromatic nitrogens is 4. The lowest BCUT2D eigenvalue weighted by molar-refractivity contribution is 0.00578. The fourth-order valence-corrected chi connectivity index (χ4v) is 5.99. The van der Waals surface area contributed by atoms with E-state index in [1.165, 1.54) is 16.7 Å². The molecular formula is C40H54BBrN4O4. The van der Waals surface area contributed by atoms with Crippen molar-refractivity contribution in [2.45, 2.75) is 131 Å². The summed E-state index contributed by atoms with van der Waals surface area (Å²) < 4.78 is 17.0. The Morgan fingerprint density at radius 3 is 1.52 bits per heavy atom. The van der Waals surface area contributed by atoms with Gasteiger partial charge in [0.25, 0.3) is 0 Å². The summed E-state index contributed by atoms with van der Waals surface area (Å²) in [6, 6.07) is 12.4. The van der Waals surface area contributed by atoms with Crippen LogP contribution in [-0.4, -0.2) is 49.4 Å². The monoisotopic (exact) mass is 744 g/mol. The lowest BCUT2D eigenvalue weighted by Gasteiger charge is -2.32. The van der Waals surface area contributed by atoms with Crippen LogP contribution in [0.3, 0.4) is 0 Å². The second-order valence-electron chi connectivity index (χ2n) is 16.4. The maximum absolute atomic E-state index is 12.6. The molecule has 2 aromatic heterocycles. The van der Waals surface area contributed by atoms with Gasteiger partial charge < -0.3 is 9.31 Å². The minimum absolute atomic E-state index is 0.0964. The van der Waals surface area contributed by atoms with Gasteiger partial charge in [-0.25, -0.2) is 0 Å². The van der Waals surface area contributed by atoms with Gasteiger partial charge in [-0.3, -0.25) is 19.0 Å². The summed E-state index contributed by atoms with van der Waals surface area (Å²) in [5, 5.41) is 8.61. The van der Waals surface area contributed by atoms with Gasteiger partial charge >= 0.3 is 7.12 Å². The first-order valence-corrected chi connectivity index (χ1v) is 18.2. The standard InChI is InChI=1S/C23H33BN2O3.C17H21BrN2O/c1-16-13-19(24-28-22(5,6)23(7,8)29-24)11-9-17(16)10-12-20(27)18-14-25-26(15-18)21(2,3)4;1-12-9-15(18)7-5-13(12)6-8-16(21)14-10-19-20(11-14)17(2,3)4/h9,11,13-15H,10,12H2,1-8H3;5,7,9-11H,6,8H2,1-4H3. The third-order valence-corrected chi connectivity index (χ3v) is 10.1. The zero-order valence-electron chi connectivity index (χ0n) is 32.0. The van der Waals surface area contributed by atoms with Crippen LogP contribution >= 0.6 is 15.9 Å². The average molecular weight is 746 g/mol. The molecule has 50 heavy (non-hydrogen) atoms. The normalized spacial score (nSPS) is 15.5. The molecule has 1 aliphatic rings. The number of rotatable bonds is 9. The van der Waals surface area contributed by atoms with Crippen LogP contribution in [0.1, 0.15) is 125 Å². The van der Waals surface area contributed by atoms with E-state index in [1.54, 1.807) is 12.4 Å². The summed E-state index contributed by atoms with van der Waals surface area (Å²) in [6.45, 7) is 24.8. The third-order valence-electron chi connectivity index (χ3n) is 9.62. The van der Waals surface area contributed by atoms with Crippen LogP contribution in [-0.2, 0) is 33.2 Å². The van der Waals surface area contributed by atoms with E-state index in [4.69, 9.17) is 9.31 Å². The molecule has 0 amide bonds. The number of benzene rings is 2. The average Bonchev–Trinajstić information content (AvgIpc) is 3.74. The van der Waals surface area contributed by atoms with E-state index in [-0.39, 0.29) is 41.0 Å². The van der Waals surface area contributed by atoms with Crippen molar-refractivity contribution in [2.24, 2.45) is 0 Å². The highest BCUT2D eigenvalue weighted by atomic mass is 79.9. The molecule has 5 rings (SSSR count). The number of carbonyl (C=O) groups is 2. The lowest BCUT2D eigenvalue weighted by Crippen LogP contribution is -2.41. The lowest BCUT2D eigenvalue weighted by atomic mass is 9.77. The van der Waals surface area contributed by atoms with E-state index in [0.717, 1.165) is 21.9 Å². The van der Waals surface area contributed by atoms with Crippen LogP contribution in [0.2, 0.25) is 0 Å². The van der Waals surface area contributed by atoms with Gasteiger partial charge in [-0.15, -0.1) is 0 Å². The summed E-state index contributed by atoms with van der Waals surface area (Å²) in [5.41, 5.74) is 6.20. The van der Waals surface area contributed by atoms with Gasteiger partial charge in [-0.2, -0.15) is 10.2 Å². The molecule has 1 saturated heterocycles. The number of hydrogen-bond donors (Lipinski definition) is 0. The van der Waals surface area contributed by atoms with Gasteiger partial charge in [-0.1, -0.05) is 40.2 Å². The Hall–Kier alpha value is -3.34. The maximum atomic E-state index is 12.6. The Labute approximate surface area is 307 Å². The highest BCUT2D eigenvalue weighted by Gasteiger charge is 2.51. The van der Waals surface area contributed by atoms with Gasteiger partial charge in [0.15, 0.2) is 11.6 Å². The summed E-state index contributed by atoms with van der Waals surface area (Å²) >= 11 is 3.46. The quantitative estimate of drug-likeness (QED) is 0.126. The largest absolute Gasteiger partial charge is 0.494 e. The number of Topliss-reactive ketones (excluding diaryl/α,β-unsaturated/α-hetero) is 2. The van der Waals surface area contributed by atoms with Crippen molar-refractivity contribution in [2.75, 3.05) is 0 Å². The van der Waals surface area contributed by atoms with Crippen molar-refractivity contribution in [1.29, 1.82) is 0 Å². The number of aryl methyl sites for hydroxylation is 4. The summed E-state index contributed by atoms with van der Waals surface area (Å²) in [6.07, 6.45) is 9.47. The van der Waals surface area contributed by atoms with Gasteiger partial charge in [-0.05, 0) is 136 Å². The molecule has 0 N–H and O–H groups in total. The fraction of sp³-hybridized carbons (Fsp3) is 0.500. The molecule has 10 heteroatoms. The molecular weight excluding hydrogens is 691 g/mol. The van der Waals surface area contributed by atoms with Crippen molar-refractivity contribution in [3.63, 3.8) is 0 Å². The van der Waals surface area contributed by atoms with Crippen molar-refractivity contribution in [3.05, 3.63) is 99.0 Å². The molecule has 0 radical (unpaired) electrons.